The fourth-order valence-corrected chi connectivity index (χ4v) is 1.56. The van der Waals surface area contributed by atoms with Gasteiger partial charge in [0, 0.05) is 18.8 Å². The molecule has 0 saturated carbocycles. The SMILES string of the molecule is CCC(=O)c1ccccc1OCc1ncccn1. The number of ketones is 1. The number of carbonyl (C=O) groups excluding carboxylic acids is 1. The number of Topliss-reactive ketones (excluding diaryl/α,β-unsaturated/α-hetero) is 1. The minimum Gasteiger partial charge on any atom is -0.485 e. The van der Waals surface area contributed by atoms with E-state index in [1.807, 2.05) is 19.1 Å². The molecule has 1 aromatic heterocycles. The molecule has 0 fully saturated rings. The van der Waals surface area contributed by atoms with Gasteiger partial charge in [0.25, 0.3) is 0 Å². The van der Waals surface area contributed by atoms with Crippen LogP contribution in [0.15, 0.2) is 42.7 Å². The van der Waals surface area contributed by atoms with Crippen LogP contribution in [0.5, 0.6) is 5.75 Å². The lowest BCUT2D eigenvalue weighted by Crippen LogP contribution is -2.05. The van der Waals surface area contributed by atoms with E-state index >= 15 is 0 Å². The highest BCUT2D eigenvalue weighted by Crippen LogP contribution is 2.20. The van der Waals surface area contributed by atoms with Gasteiger partial charge in [0.05, 0.1) is 5.56 Å². The maximum atomic E-state index is 11.7. The third-order valence-corrected chi connectivity index (χ3v) is 2.48. The Bertz CT molecular complexity index is 526. The van der Waals surface area contributed by atoms with E-state index in [0.717, 1.165) is 0 Å². The summed E-state index contributed by atoms with van der Waals surface area (Å²) in [5, 5.41) is 0. The maximum Gasteiger partial charge on any atom is 0.166 e. The molecular weight excluding hydrogens is 228 g/mol. The summed E-state index contributed by atoms with van der Waals surface area (Å²) in [5.74, 6) is 1.24. The molecule has 0 atom stereocenters. The van der Waals surface area contributed by atoms with E-state index in [4.69, 9.17) is 4.74 Å². The normalized spacial score (nSPS) is 10.1. The molecule has 1 aromatic carbocycles. The predicted octanol–water partition coefficient (Wildman–Crippen LogP) is 2.65. The largest absolute Gasteiger partial charge is 0.485 e. The second kappa shape index (κ2) is 5.91. The number of hydrogen-bond acceptors (Lipinski definition) is 4. The van der Waals surface area contributed by atoms with Gasteiger partial charge in [-0.1, -0.05) is 19.1 Å². The molecule has 0 saturated heterocycles. The average molecular weight is 242 g/mol. The van der Waals surface area contributed by atoms with Crippen LogP contribution < -0.4 is 4.74 Å². The molecule has 0 unspecified atom stereocenters. The number of ether oxygens (including phenoxy) is 1. The van der Waals surface area contributed by atoms with Gasteiger partial charge in [-0.05, 0) is 18.2 Å². The van der Waals surface area contributed by atoms with Crippen LogP contribution in [0.25, 0.3) is 0 Å². The van der Waals surface area contributed by atoms with Gasteiger partial charge in [-0.2, -0.15) is 0 Å². The Kier molecular flexibility index (Phi) is 4.02. The van der Waals surface area contributed by atoms with Crippen molar-refractivity contribution in [2.24, 2.45) is 0 Å². The first-order valence-electron chi connectivity index (χ1n) is 5.82. The molecule has 1 heterocycles. The van der Waals surface area contributed by atoms with Crippen LogP contribution in [-0.4, -0.2) is 15.8 Å². The van der Waals surface area contributed by atoms with Gasteiger partial charge in [-0.25, -0.2) is 9.97 Å². The molecular formula is C14H14N2O2. The Balaban J connectivity index is 2.12. The highest BCUT2D eigenvalue weighted by Gasteiger charge is 2.10. The lowest BCUT2D eigenvalue weighted by atomic mass is 10.1. The molecule has 2 rings (SSSR count). The monoisotopic (exact) mass is 242 g/mol. The van der Waals surface area contributed by atoms with Gasteiger partial charge < -0.3 is 4.74 Å². The first-order chi connectivity index (χ1) is 8.81. The van der Waals surface area contributed by atoms with E-state index < -0.39 is 0 Å². The van der Waals surface area contributed by atoms with Crippen molar-refractivity contribution in [2.75, 3.05) is 0 Å². The molecule has 0 radical (unpaired) electrons. The highest BCUT2D eigenvalue weighted by atomic mass is 16.5. The number of para-hydroxylation sites is 1. The zero-order valence-electron chi connectivity index (χ0n) is 10.2. The quantitative estimate of drug-likeness (QED) is 0.756. The standard InChI is InChI=1S/C14H14N2O2/c1-2-12(17)11-6-3-4-7-13(11)18-10-14-15-8-5-9-16-14/h3-9H,2,10H2,1H3. The molecule has 0 amide bonds. The van der Waals surface area contributed by atoms with Crippen LogP contribution in [0.2, 0.25) is 0 Å². The first-order valence-corrected chi connectivity index (χ1v) is 5.82. The molecule has 18 heavy (non-hydrogen) atoms. The summed E-state index contributed by atoms with van der Waals surface area (Å²) in [4.78, 5) is 19.9. The fraction of sp³-hybridized carbons (Fsp3) is 0.214. The van der Waals surface area contributed by atoms with Crippen molar-refractivity contribution < 1.29 is 9.53 Å². The molecule has 92 valence electrons. The Morgan fingerprint density at radius 3 is 2.61 bits per heavy atom. The molecule has 4 nitrogen and oxygen atoms in total. The number of aromatic nitrogens is 2. The second-order valence-electron chi connectivity index (χ2n) is 3.73. The van der Waals surface area contributed by atoms with E-state index in [0.29, 0.717) is 23.6 Å². The van der Waals surface area contributed by atoms with Crippen molar-refractivity contribution in [3.8, 4) is 5.75 Å². The minimum absolute atomic E-state index is 0.0691. The molecule has 0 spiro atoms. The second-order valence-corrected chi connectivity index (χ2v) is 3.73. The van der Waals surface area contributed by atoms with E-state index in [9.17, 15) is 4.79 Å². The smallest absolute Gasteiger partial charge is 0.166 e. The van der Waals surface area contributed by atoms with E-state index in [1.165, 1.54) is 0 Å². The molecule has 0 N–H and O–H groups in total. The van der Waals surface area contributed by atoms with E-state index in [1.54, 1.807) is 30.6 Å². The van der Waals surface area contributed by atoms with E-state index in [2.05, 4.69) is 9.97 Å². The van der Waals surface area contributed by atoms with E-state index in [-0.39, 0.29) is 12.4 Å². The number of nitrogens with zero attached hydrogens (tertiary/aromatic N) is 2. The molecule has 0 aliphatic carbocycles. The summed E-state index contributed by atoms with van der Waals surface area (Å²) >= 11 is 0. The van der Waals surface area contributed by atoms with Gasteiger partial charge in [0.2, 0.25) is 0 Å². The topological polar surface area (TPSA) is 52.1 Å². The van der Waals surface area contributed by atoms with Crippen LogP contribution in [0.4, 0.5) is 0 Å². The summed E-state index contributed by atoms with van der Waals surface area (Å²) in [5.41, 5.74) is 0.607. The Hall–Kier alpha value is -2.23. The molecule has 0 aliphatic heterocycles. The van der Waals surface area contributed by atoms with Crippen molar-refractivity contribution in [3.05, 3.63) is 54.1 Å². The Morgan fingerprint density at radius 2 is 1.89 bits per heavy atom. The Labute approximate surface area is 106 Å². The lowest BCUT2D eigenvalue weighted by molar-refractivity contribution is 0.0983. The van der Waals surface area contributed by atoms with Gasteiger partial charge in [-0.15, -0.1) is 0 Å². The summed E-state index contributed by atoms with van der Waals surface area (Å²) < 4.78 is 5.60. The fourth-order valence-electron chi connectivity index (χ4n) is 1.56. The number of rotatable bonds is 5. The van der Waals surface area contributed by atoms with Crippen molar-refractivity contribution in [3.63, 3.8) is 0 Å². The van der Waals surface area contributed by atoms with Gasteiger partial charge in [0.1, 0.15) is 12.4 Å². The predicted molar refractivity (Wildman–Crippen MR) is 67.4 cm³/mol. The maximum absolute atomic E-state index is 11.7. The number of hydrogen-bond donors (Lipinski definition) is 0. The van der Waals surface area contributed by atoms with Crippen LogP contribution >= 0.6 is 0 Å². The Morgan fingerprint density at radius 1 is 1.17 bits per heavy atom. The van der Waals surface area contributed by atoms with Crippen LogP contribution in [-0.2, 0) is 6.61 Å². The zero-order valence-corrected chi connectivity index (χ0v) is 10.2. The molecule has 4 heteroatoms. The van der Waals surface area contributed by atoms with Gasteiger partial charge >= 0.3 is 0 Å². The van der Waals surface area contributed by atoms with Crippen molar-refractivity contribution in [1.29, 1.82) is 0 Å². The van der Waals surface area contributed by atoms with Crippen LogP contribution in [0, 0.1) is 0 Å². The van der Waals surface area contributed by atoms with Crippen molar-refractivity contribution in [1.82, 2.24) is 9.97 Å². The molecule has 0 bridgehead atoms. The highest BCUT2D eigenvalue weighted by molar-refractivity contribution is 5.98. The number of benzene rings is 1. The van der Waals surface area contributed by atoms with Gasteiger partial charge in [0.15, 0.2) is 11.6 Å². The zero-order chi connectivity index (χ0) is 12.8. The third kappa shape index (κ3) is 2.91. The molecule has 2 aromatic rings. The van der Waals surface area contributed by atoms with Crippen LogP contribution in [0.1, 0.15) is 29.5 Å². The summed E-state index contributed by atoms with van der Waals surface area (Å²) in [6.45, 7) is 2.09. The summed E-state index contributed by atoms with van der Waals surface area (Å²) in [7, 11) is 0. The van der Waals surface area contributed by atoms with Crippen molar-refractivity contribution in [2.45, 2.75) is 20.0 Å². The van der Waals surface area contributed by atoms with Crippen molar-refractivity contribution >= 4 is 5.78 Å². The minimum atomic E-state index is 0.0691. The number of carbonyl (C=O) groups is 1. The first kappa shape index (κ1) is 12.2. The van der Waals surface area contributed by atoms with Gasteiger partial charge in [-0.3, -0.25) is 4.79 Å². The summed E-state index contributed by atoms with van der Waals surface area (Å²) in [6.07, 6.45) is 3.78. The third-order valence-electron chi connectivity index (χ3n) is 2.48. The summed E-state index contributed by atoms with van der Waals surface area (Å²) in [6, 6.07) is 8.97. The average Bonchev–Trinajstić information content (AvgIpc) is 2.45. The lowest BCUT2D eigenvalue weighted by Gasteiger charge is -2.09. The van der Waals surface area contributed by atoms with Crippen LogP contribution in [0.3, 0.4) is 0 Å². The molecule has 0 aliphatic rings.